The highest BCUT2D eigenvalue weighted by atomic mass is 35.5. The zero-order valence-corrected chi connectivity index (χ0v) is 13.6. The van der Waals surface area contributed by atoms with E-state index in [1.807, 2.05) is 36.5 Å². The molecule has 0 saturated carbocycles. The summed E-state index contributed by atoms with van der Waals surface area (Å²) in [5, 5.41) is 7.18. The lowest BCUT2D eigenvalue weighted by Crippen LogP contribution is -2.46. The average Bonchev–Trinajstić information content (AvgIpc) is 3.10. The molecule has 2 heterocycles. The van der Waals surface area contributed by atoms with E-state index in [-0.39, 0.29) is 18.3 Å². The van der Waals surface area contributed by atoms with E-state index < -0.39 is 5.41 Å². The van der Waals surface area contributed by atoms with Gasteiger partial charge in [0.15, 0.2) is 0 Å². The molecule has 1 aliphatic rings. The van der Waals surface area contributed by atoms with Gasteiger partial charge in [-0.2, -0.15) is 5.10 Å². The first kappa shape index (κ1) is 17.5. The minimum absolute atomic E-state index is 0. The van der Waals surface area contributed by atoms with Gasteiger partial charge < -0.3 is 15.8 Å². The molecule has 0 spiro atoms. The van der Waals surface area contributed by atoms with Gasteiger partial charge in [-0.25, -0.2) is 4.68 Å². The van der Waals surface area contributed by atoms with Gasteiger partial charge in [0, 0.05) is 37.8 Å². The van der Waals surface area contributed by atoms with Crippen molar-refractivity contribution in [2.75, 3.05) is 25.1 Å². The number of benzene rings is 1. The van der Waals surface area contributed by atoms with Crippen LogP contribution < -0.4 is 11.1 Å². The van der Waals surface area contributed by atoms with Crippen molar-refractivity contribution in [2.24, 2.45) is 11.1 Å². The number of halogens is 1. The van der Waals surface area contributed by atoms with Crippen LogP contribution in [0.25, 0.3) is 5.69 Å². The molecule has 0 radical (unpaired) electrons. The first-order chi connectivity index (χ1) is 10.7. The lowest BCUT2D eigenvalue weighted by atomic mass is 9.79. The quantitative estimate of drug-likeness (QED) is 0.894. The Morgan fingerprint density at radius 3 is 2.78 bits per heavy atom. The first-order valence-electron chi connectivity index (χ1n) is 7.43. The van der Waals surface area contributed by atoms with Crippen LogP contribution in [0.4, 0.5) is 5.69 Å². The van der Waals surface area contributed by atoms with E-state index in [1.54, 1.807) is 10.9 Å². The van der Waals surface area contributed by atoms with E-state index in [9.17, 15) is 4.79 Å². The molecular weight excluding hydrogens is 316 g/mol. The smallest absolute Gasteiger partial charge is 0.232 e. The Morgan fingerprint density at radius 2 is 2.13 bits per heavy atom. The summed E-state index contributed by atoms with van der Waals surface area (Å²) in [6, 6.07) is 9.46. The minimum atomic E-state index is -0.528. The highest BCUT2D eigenvalue weighted by molar-refractivity contribution is 5.95. The Kier molecular flexibility index (Phi) is 5.76. The summed E-state index contributed by atoms with van der Waals surface area (Å²) in [6.45, 7) is 1.50. The van der Waals surface area contributed by atoms with Gasteiger partial charge in [0.25, 0.3) is 0 Å². The summed E-state index contributed by atoms with van der Waals surface area (Å²) in [6.07, 6.45) is 4.90. The van der Waals surface area contributed by atoms with Crippen LogP contribution in [0.5, 0.6) is 0 Å². The fourth-order valence-corrected chi connectivity index (χ4v) is 2.70. The summed E-state index contributed by atoms with van der Waals surface area (Å²) in [5.41, 5.74) is 6.99. The Morgan fingerprint density at radius 1 is 1.35 bits per heavy atom. The predicted molar refractivity (Wildman–Crippen MR) is 91.0 cm³/mol. The molecule has 1 saturated heterocycles. The third-order valence-electron chi connectivity index (χ3n) is 4.20. The minimum Gasteiger partial charge on any atom is -0.381 e. The molecule has 0 aliphatic carbocycles. The highest BCUT2D eigenvalue weighted by Gasteiger charge is 2.38. The third-order valence-corrected chi connectivity index (χ3v) is 4.20. The van der Waals surface area contributed by atoms with Gasteiger partial charge in [-0.1, -0.05) is 6.07 Å². The molecule has 1 amide bonds. The number of ether oxygens (including phenoxy) is 1. The Labute approximate surface area is 141 Å². The summed E-state index contributed by atoms with van der Waals surface area (Å²) >= 11 is 0. The number of nitrogens with two attached hydrogens (primary N) is 1. The van der Waals surface area contributed by atoms with Crippen LogP contribution in [0.1, 0.15) is 12.8 Å². The number of carbonyl (C=O) groups excluding carboxylic acids is 1. The molecule has 0 bridgehead atoms. The molecule has 6 nitrogen and oxygen atoms in total. The lowest BCUT2D eigenvalue weighted by Gasteiger charge is -2.34. The summed E-state index contributed by atoms with van der Waals surface area (Å²) in [5.74, 6) is -0.0316. The van der Waals surface area contributed by atoms with Gasteiger partial charge in [-0.3, -0.25) is 4.79 Å². The largest absolute Gasteiger partial charge is 0.381 e. The molecule has 2 aromatic rings. The number of hydrogen-bond acceptors (Lipinski definition) is 4. The molecule has 23 heavy (non-hydrogen) atoms. The number of aromatic nitrogens is 2. The van der Waals surface area contributed by atoms with E-state index in [4.69, 9.17) is 10.5 Å². The van der Waals surface area contributed by atoms with Crippen molar-refractivity contribution >= 4 is 24.0 Å². The van der Waals surface area contributed by atoms with Crippen molar-refractivity contribution < 1.29 is 9.53 Å². The number of carbonyl (C=O) groups is 1. The number of rotatable bonds is 4. The maximum atomic E-state index is 12.6. The van der Waals surface area contributed by atoms with Crippen molar-refractivity contribution in [3.05, 3.63) is 42.7 Å². The predicted octanol–water partition coefficient (Wildman–Crippen LogP) is 1.99. The Bertz CT molecular complexity index is 639. The van der Waals surface area contributed by atoms with Crippen LogP contribution in [0, 0.1) is 5.41 Å². The number of amides is 1. The standard InChI is InChI=1S/C16H20N4O2.ClH/c17-12-16(5-9-22-10-6-16)15(21)19-13-3-1-4-14(11-13)20-8-2-7-18-20;/h1-4,7-8,11H,5-6,9-10,12,17H2,(H,19,21);1H. The Hall–Kier alpha value is -1.89. The molecule has 1 aliphatic heterocycles. The van der Waals surface area contributed by atoms with Crippen LogP contribution in [-0.4, -0.2) is 35.4 Å². The molecule has 3 rings (SSSR count). The fourth-order valence-electron chi connectivity index (χ4n) is 2.70. The van der Waals surface area contributed by atoms with Crippen LogP contribution in [0.3, 0.4) is 0 Å². The maximum Gasteiger partial charge on any atom is 0.232 e. The van der Waals surface area contributed by atoms with Crippen LogP contribution >= 0.6 is 12.4 Å². The molecule has 1 aromatic carbocycles. The van der Waals surface area contributed by atoms with E-state index in [1.165, 1.54) is 0 Å². The van der Waals surface area contributed by atoms with E-state index in [2.05, 4.69) is 10.4 Å². The number of hydrogen-bond donors (Lipinski definition) is 2. The van der Waals surface area contributed by atoms with Crippen molar-refractivity contribution in [2.45, 2.75) is 12.8 Å². The van der Waals surface area contributed by atoms with Gasteiger partial charge >= 0.3 is 0 Å². The van der Waals surface area contributed by atoms with Gasteiger partial charge in [0.2, 0.25) is 5.91 Å². The lowest BCUT2D eigenvalue weighted by molar-refractivity contribution is -0.130. The number of nitrogens with zero attached hydrogens (tertiary/aromatic N) is 2. The van der Waals surface area contributed by atoms with Gasteiger partial charge in [0.05, 0.1) is 11.1 Å². The molecule has 0 atom stereocenters. The fraction of sp³-hybridized carbons (Fsp3) is 0.375. The zero-order chi connectivity index (χ0) is 15.4. The molecular formula is C16H21ClN4O2. The maximum absolute atomic E-state index is 12.6. The van der Waals surface area contributed by atoms with Crippen molar-refractivity contribution in [3.63, 3.8) is 0 Å². The molecule has 7 heteroatoms. The van der Waals surface area contributed by atoms with E-state index >= 15 is 0 Å². The number of nitrogens with one attached hydrogen (secondary N) is 1. The van der Waals surface area contributed by atoms with E-state index in [0.717, 1.165) is 11.4 Å². The van der Waals surface area contributed by atoms with Crippen LogP contribution in [-0.2, 0) is 9.53 Å². The summed E-state index contributed by atoms with van der Waals surface area (Å²) < 4.78 is 7.10. The van der Waals surface area contributed by atoms with Gasteiger partial charge in [0.1, 0.15) is 0 Å². The highest BCUT2D eigenvalue weighted by Crippen LogP contribution is 2.31. The Balaban J connectivity index is 0.00000192. The number of anilines is 1. The SMILES string of the molecule is Cl.NCC1(C(=O)Nc2cccc(-n3cccn3)c2)CCOCC1. The first-order valence-corrected chi connectivity index (χ1v) is 7.43. The van der Waals surface area contributed by atoms with Gasteiger partial charge in [-0.15, -0.1) is 12.4 Å². The van der Waals surface area contributed by atoms with Crippen molar-refractivity contribution in [1.29, 1.82) is 0 Å². The molecule has 1 aromatic heterocycles. The third kappa shape index (κ3) is 3.72. The monoisotopic (exact) mass is 336 g/mol. The molecule has 124 valence electrons. The second kappa shape index (κ2) is 7.59. The summed E-state index contributed by atoms with van der Waals surface area (Å²) in [4.78, 5) is 12.6. The van der Waals surface area contributed by atoms with Gasteiger partial charge in [-0.05, 0) is 37.1 Å². The second-order valence-corrected chi connectivity index (χ2v) is 5.55. The zero-order valence-electron chi connectivity index (χ0n) is 12.8. The topological polar surface area (TPSA) is 82.2 Å². The van der Waals surface area contributed by atoms with Crippen LogP contribution in [0.15, 0.2) is 42.7 Å². The van der Waals surface area contributed by atoms with E-state index in [0.29, 0.717) is 32.6 Å². The molecule has 1 fully saturated rings. The normalized spacial score (nSPS) is 16.4. The average molecular weight is 337 g/mol. The van der Waals surface area contributed by atoms with Crippen molar-refractivity contribution in [3.8, 4) is 5.69 Å². The van der Waals surface area contributed by atoms with Crippen molar-refractivity contribution in [1.82, 2.24) is 9.78 Å². The second-order valence-electron chi connectivity index (χ2n) is 5.55. The molecule has 0 unspecified atom stereocenters. The summed E-state index contributed by atoms with van der Waals surface area (Å²) in [7, 11) is 0. The molecule has 3 N–H and O–H groups in total. The van der Waals surface area contributed by atoms with Crippen LogP contribution in [0.2, 0.25) is 0 Å².